The molecular weight excluding hydrogens is 348 g/mol. The predicted octanol–water partition coefficient (Wildman–Crippen LogP) is 4.38. The summed E-state index contributed by atoms with van der Waals surface area (Å²) in [5.41, 5.74) is 2.34. The Morgan fingerprint density at radius 2 is 1.43 bits per heavy atom. The van der Waals surface area contributed by atoms with E-state index in [0.29, 0.717) is 5.82 Å². The highest BCUT2D eigenvalue weighted by Gasteiger charge is 2.16. The van der Waals surface area contributed by atoms with E-state index in [4.69, 9.17) is 4.98 Å². The van der Waals surface area contributed by atoms with E-state index in [9.17, 15) is 0 Å². The molecule has 0 bridgehead atoms. The van der Waals surface area contributed by atoms with Crippen molar-refractivity contribution in [3.8, 4) is 5.82 Å². The molecule has 140 valence electrons. The molecule has 0 atom stereocenters. The van der Waals surface area contributed by atoms with Gasteiger partial charge in [-0.25, -0.2) is 4.98 Å². The number of benzene rings is 2. The van der Waals surface area contributed by atoms with Gasteiger partial charge in [-0.05, 0) is 33.7 Å². The zero-order valence-electron chi connectivity index (χ0n) is 15.9. The first-order valence-corrected chi connectivity index (χ1v) is 9.34. The molecular formula is C22H22N6. The summed E-state index contributed by atoms with van der Waals surface area (Å²) in [5, 5.41) is 15.6. The standard InChI is InChI=1S/C22H22N6/c1-16(2)22-25-26-27-28(22)20-15-9-14-19(23-20)24-21(17-10-5-3-6-11-17)18-12-7-4-8-13-18/h3-16,21H,1-2H3,(H,23,24). The summed E-state index contributed by atoms with van der Waals surface area (Å²) in [6, 6.07) is 26.5. The maximum Gasteiger partial charge on any atom is 0.161 e. The van der Waals surface area contributed by atoms with Crippen LogP contribution in [-0.4, -0.2) is 25.2 Å². The molecule has 0 aliphatic carbocycles. The van der Waals surface area contributed by atoms with Gasteiger partial charge in [-0.3, -0.25) is 0 Å². The van der Waals surface area contributed by atoms with Crippen LogP contribution in [0.3, 0.4) is 0 Å². The van der Waals surface area contributed by atoms with Crippen LogP contribution in [0.4, 0.5) is 5.82 Å². The molecule has 6 nitrogen and oxygen atoms in total. The molecule has 1 N–H and O–H groups in total. The van der Waals surface area contributed by atoms with Crippen molar-refractivity contribution >= 4 is 5.82 Å². The smallest absolute Gasteiger partial charge is 0.161 e. The molecule has 2 aromatic heterocycles. The predicted molar refractivity (Wildman–Crippen MR) is 109 cm³/mol. The Labute approximate surface area is 164 Å². The highest BCUT2D eigenvalue weighted by molar-refractivity contribution is 5.46. The lowest BCUT2D eigenvalue weighted by Crippen LogP contribution is -2.14. The molecule has 2 heterocycles. The first-order chi connectivity index (χ1) is 13.7. The van der Waals surface area contributed by atoms with Crippen LogP contribution in [0.2, 0.25) is 0 Å². The summed E-state index contributed by atoms with van der Waals surface area (Å²) in [6.45, 7) is 4.12. The number of aromatic nitrogens is 5. The molecule has 0 spiro atoms. The summed E-state index contributed by atoms with van der Waals surface area (Å²) in [6.07, 6.45) is 0. The van der Waals surface area contributed by atoms with E-state index in [1.54, 1.807) is 4.68 Å². The van der Waals surface area contributed by atoms with Gasteiger partial charge in [0.05, 0.1) is 6.04 Å². The number of nitrogens with zero attached hydrogens (tertiary/aromatic N) is 5. The van der Waals surface area contributed by atoms with E-state index in [1.807, 2.05) is 54.6 Å². The minimum Gasteiger partial charge on any atom is -0.359 e. The van der Waals surface area contributed by atoms with Crippen molar-refractivity contribution < 1.29 is 0 Å². The van der Waals surface area contributed by atoms with Crippen molar-refractivity contribution in [3.05, 3.63) is 95.8 Å². The largest absolute Gasteiger partial charge is 0.359 e. The number of pyridine rings is 1. The normalized spacial score (nSPS) is 11.1. The van der Waals surface area contributed by atoms with E-state index < -0.39 is 0 Å². The summed E-state index contributed by atoms with van der Waals surface area (Å²) in [5.74, 6) is 2.45. The fraction of sp³-hybridized carbons (Fsp3) is 0.182. The third-order valence-electron chi connectivity index (χ3n) is 4.52. The number of hydrogen-bond acceptors (Lipinski definition) is 5. The van der Waals surface area contributed by atoms with Crippen LogP contribution in [0.25, 0.3) is 5.82 Å². The lowest BCUT2D eigenvalue weighted by molar-refractivity contribution is 0.697. The van der Waals surface area contributed by atoms with E-state index in [1.165, 1.54) is 11.1 Å². The molecule has 4 rings (SSSR count). The molecule has 0 amide bonds. The number of hydrogen-bond donors (Lipinski definition) is 1. The number of nitrogens with one attached hydrogen (secondary N) is 1. The van der Waals surface area contributed by atoms with Gasteiger partial charge in [-0.1, -0.05) is 80.6 Å². The van der Waals surface area contributed by atoms with Gasteiger partial charge in [0.1, 0.15) is 5.82 Å². The lowest BCUT2D eigenvalue weighted by atomic mass is 9.99. The second-order valence-corrected chi connectivity index (χ2v) is 6.88. The van der Waals surface area contributed by atoms with Gasteiger partial charge >= 0.3 is 0 Å². The van der Waals surface area contributed by atoms with Gasteiger partial charge < -0.3 is 5.32 Å². The van der Waals surface area contributed by atoms with Crippen molar-refractivity contribution in [1.82, 2.24) is 25.2 Å². The summed E-state index contributed by atoms with van der Waals surface area (Å²) >= 11 is 0. The third-order valence-corrected chi connectivity index (χ3v) is 4.52. The molecule has 0 fully saturated rings. The highest BCUT2D eigenvalue weighted by atomic mass is 15.6. The van der Waals surface area contributed by atoms with Crippen LogP contribution in [0.5, 0.6) is 0 Å². The molecule has 0 aliphatic heterocycles. The quantitative estimate of drug-likeness (QED) is 0.545. The molecule has 0 saturated carbocycles. The fourth-order valence-electron chi connectivity index (χ4n) is 3.14. The van der Waals surface area contributed by atoms with Crippen molar-refractivity contribution in [3.63, 3.8) is 0 Å². The van der Waals surface area contributed by atoms with E-state index >= 15 is 0 Å². The van der Waals surface area contributed by atoms with Crippen molar-refractivity contribution in [2.45, 2.75) is 25.8 Å². The number of anilines is 1. The van der Waals surface area contributed by atoms with Crippen LogP contribution in [0.15, 0.2) is 78.9 Å². The van der Waals surface area contributed by atoms with Crippen LogP contribution in [-0.2, 0) is 0 Å². The Bertz CT molecular complexity index is 988. The molecule has 0 radical (unpaired) electrons. The summed E-state index contributed by atoms with van der Waals surface area (Å²) < 4.78 is 1.69. The average Bonchev–Trinajstić information content (AvgIpc) is 3.24. The zero-order chi connectivity index (χ0) is 19.3. The van der Waals surface area contributed by atoms with Crippen LogP contribution in [0.1, 0.15) is 42.8 Å². The Hall–Kier alpha value is -3.54. The van der Waals surface area contributed by atoms with Crippen LogP contribution < -0.4 is 5.32 Å². The lowest BCUT2D eigenvalue weighted by Gasteiger charge is -2.21. The van der Waals surface area contributed by atoms with Crippen LogP contribution in [0, 0.1) is 0 Å². The second-order valence-electron chi connectivity index (χ2n) is 6.88. The summed E-state index contributed by atoms with van der Waals surface area (Å²) in [7, 11) is 0. The molecule has 0 aliphatic rings. The van der Waals surface area contributed by atoms with Gasteiger partial charge in [-0.2, -0.15) is 4.68 Å². The molecule has 4 aromatic rings. The van der Waals surface area contributed by atoms with Gasteiger partial charge in [0, 0.05) is 5.92 Å². The molecule has 2 aromatic carbocycles. The third kappa shape index (κ3) is 3.76. The maximum atomic E-state index is 4.76. The topological polar surface area (TPSA) is 68.5 Å². The van der Waals surface area contributed by atoms with Gasteiger partial charge in [0.25, 0.3) is 0 Å². The average molecular weight is 370 g/mol. The van der Waals surface area contributed by atoms with Crippen molar-refractivity contribution in [2.75, 3.05) is 5.32 Å². The van der Waals surface area contributed by atoms with E-state index in [0.717, 1.165) is 11.6 Å². The molecule has 0 unspecified atom stereocenters. The molecule has 0 saturated heterocycles. The zero-order valence-corrected chi connectivity index (χ0v) is 15.9. The Kier molecular flexibility index (Phi) is 5.10. The van der Waals surface area contributed by atoms with Gasteiger partial charge in [-0.15, -0.1) is 5.10 Å². The van der Waals surface area contributed by atoms with Crippen molar-refractivity contribution in [2.24, 2.45) is 0 Å². The minimum absolute atomic E-state index is 0.0106. The number of tetrazole rings is 1. The molecule has 28 heavy (non-hydrogen) atoms. The van der Waals surface area contributed by atoms with E-state index in [-0.39, 0.29) is 12.0 Å². The van der Waals surface area contributed by atoms with E-state index in [2.05, 4.69) is 59.0 Å². The van der Waals surface area contributed by atoms with Crippen molar-refractivity contribution in [1.29, 1.82) is 0 Å². The fourth-order valence-corrected chi connectivity index (χ4v) is 3.14. The van der Waals surface area contributed by atoms with Gasteiger partial charge in [0.15, 0.2) is 11.6 Å². The number of rotatable bonds is 6. The van der Waals surface area contributed by atoms with Gasteiger partial charge in [0.2, 0.25) is 0 Å². The first-order valence-electron chi connectivity index (χ1n) is 9.34. The first kappa shape index (κ1) is 17.9. The Balaban J connectivity index is 1.69. The SMILES string of the molecule is CC(C)c1nnnn1-c1cccc(NC(c2ccccc2)c2ccccc2)n1. The molecule has 6 heteroatoms. The Morgan fingerprint density at radius 3 is 2.04 bits per heavy atom. The second kappa shape index (κ2) is 8.00. The highest BCUT2D eigenvalue weighted by Crippen LogP contribution is 2.26. The van der Waals surface area contributed by atoms with Crippen LogP contribution >= 0.6 is 0 Å². The minimum atomic E-state index is -0.0106. The monoisotopic (exact) mass is 370 g/mol. The Morgan fingerprint density at radius 1 is 0.786 bits per heavy atom. The maximum absolute atomic E-state index is 4.76. The summed E-state index contributed by atoms with van der Waals surface area (Å²) in [4.78, 5) is 4.76.